The first-order chi connectivity index (χ1) is 16.2. The number of rotatable bonds is 7. The highest BCUT2D eigenvalue weighted by molar-refractivity contribution is 7.98. The predicted octanol–water partition coefficient (Wildman–Crippen LogP) is 4.79. The molecule has 1 atom stereocenters. The molecule has 1 aliphatic rings. The Morgan fingerprint density at radius 1 is 1.18 bits per heavy atom. The number of hydrogen-bond donors (Lipinski definition) is 0. The molecule has 0 amide bonds. The standard InChI is InChI=1S/C25H24N2O5S/c1-2-30-24(29)22-19(17-9-4-6-12-21(17)32-22)15-33-25-26-20-11-5-3-10-18(20)23(28)27(25)14-16-8-7-13-31-16/h3-6,9-12,16H,2,7-8,13-15H2,1H3/t16-/m0/s1. The van der Waals surface area contributed by atoms with E-state index in [-0.39, 0.29) is 24.0 Å². The Hall–Kier alpha value is -3.10. The summed E-state index contributed by atoms with van der Waals surface area (Å²) in [7, 11) is 0. The second-order valence-corrected chi connectivity index (χ2v) is 8.82. The number of fused-ring (bicyclic) bond motifs is 2. The van der Waals surface area contributed by atoms with E-state index in [1.165, 1.54) is 11.8 Å². The molecule has 0 saturated carbocycles. The number of esters is 1. The Balaban J connectivity index is 1.54. The van der Waals surface area contributed by atoms with Gasteiger partial charge >= 0.3 is 5.97 Å². The van der Waals surface area contributed by atoms with Crippen molar-refractivity contribution in [2.75, 3.05) is 13.2 Å². The first-order valence-electron chi connectivity index (χ1n) is 11.1. The molecule has 5 rings (SSSR count). The Morgan fingerprint density at radius 3 is 2.76 bits per heavy atom. The first-order valence-corrected chi connectivity index (χ1v) is 12.1. The average Bonchev–Trinajstić information content (AvgIpc) is 3.48. The van der Waals surface area contributed by atoms with Crippen LogP contribution in [0.25, 0.3) is 21.9 Å². The van der Waals surface area contributed by atoms with Gasteiger partial charge < -0.3 is 13.9 Å². The largest absolute Gasteiger partial charge is 0.460 e. The molecule has 0 bridgehead atoms. The van der Waals surface area contributed by atoms with E-state index in [4.69, 9.17) is 18.9 Å². The summed E-state index contributed by atoms with van der Waals surface area (Å²) in [6.45, 7) is 3.19. The van der Waals surface area contributed by atoms with Gasteiger partial charge in [0.05, 0.1) is 30.2 Å². The normalized spacial score (nSPS) is 16.0. The smallest absolute Gasteiger partial charge is 0.374 e. The second kappa shape index (κ2) is 9.41. The number of thioether (sulfide) groups is 1. The summed E-state index contributed by atoms with van der Waals surface area (Å²) in [6, 6.07) is 14.9. The summed E-state index contributed by atoms with van der Waals surface area (Å²) in [5.41, 5.74) is 1.93. The number of carbonyl (C=O) groups excluding carboxylic acids is 1. The lowest BCUT2D eigenvalue weighted by atomic mass is 10.1. The van der Waals surface area contributed by atoms with E-state index in [0.717, 1.165) is 23.8 Å². The zero-order chi connectivity index (χ0) is 22.8. The van der Waals surface area contributed by atoms with Crippen molar-refractivity contribution in [2.24, 2.45) is 0 Å². The van der Waals surface area contributed by atoms with Gasteiger partial charge in [-0.2, -0.15) is 0 Å². The van der Waals surface area contributed by atoms with Crippen LogP contribution in [0.15, 0.2) is 62.9 Å². The topological polar surface area (TPSA) is 83.6 Å². The molecule has 0 radical (unpaired) electrons. The van der Waals surface area contributed by atoms with Crippen molar-refractivity contribution < 1.29 is 18.7 Å². The molecule has 1 fully saturated rings. The number of carbonyl (C=O) groups is 1. The third-order valence-electron chi connectivity index (χ3n) is 5.74. The molecule has 1 saturated heterocycles. The van der Waals surface area contributed by atoms with Crippen molar-refractivity contribution in [3.05, 3.63) is 70.2 Å². The van der Waals surface area contributed by atoms with Crippen molar-refractivity contribution in [1.82, 2.24) is 9.55 Å². The summed E-state index contributed by atoms with van der Waals surface area (Å²) in [5, 5.41) is 2.02. The van der Waals surface area contributed by atoms with Crippen LogP contribution in [0.5, 0.6) is 0 Å². The third kappa shape index (κ3) is 4.28. The highest BCUT2D eigenvalue weighted by Crippen LogP contribution is 2.32. The Kier molecular flexibility index (Phi) is 6.20. The number of ether oxygens (including phenoxy) is 2. The fourth-order valence-electron chi connectivity index (χ4n) is 4.15. The summed E-state index contributed by atoms with van der Waals surface area (Å²) >= 11 is 1.41. The van der Waals surface area contributed by atoms with Gasteiger partial charge in [-0.3, -0.25) is 9.36 Å². The number of para-hydroxylation sites is 2. The lowest BCUT2D eigenvalue weighted by molar-refractivity contribution is 0.0491. The predicted molar refractivity (Wildman–Crippen MR) is 127 cm³/mol. The molecule has 3 heterocycles. The maximum atomic E-state index is 13.3. The van der Waals surface area contributed by atoms with E-state index in [1.807, 2.05) is 42.5 Å². The third-order valence-corrected chi connectivity index (χ3v) is 6.74. The van der Waals surface area contributed by atoms with Gasteiger partial charge in [0.25, 0.3) is 5.56 Å². The van der Waals surface area contributed by atoms with E-state index < -0.39 is 5.97 Å². The van der Waals surface area contributed by atoms with Gasteiger partial charge in [-0.15, -0.1) is 0 Å². The number of nitrogens with zero attached hydrogens (tertiary/aromatic N) is 2. The number of benzene rings is 2. The van der Waals surface area contributed by atoms with Gasteiger partial charge in [-0.05, 0) is 38.0 Å². The lowest BCUT2D eigenvalue weighted by Gasteiger charge is -2.16. The lowest BCUT2D eigenvalue weighted by Crippen LogP contribution is -2.28. The van der Waals surface area contributed by atoms with Crippen molar-refractivity contribution in [1.29, 1.82) is 0 Å². The average molecular weight is 465 g/mol. The minimum absolute atomic E-state index is 0.00476. The molecular formula is C25H24N2O5S. The molecule has 0 unspecified atom stereocenters. The van der Waals surface area contributed by atoms with Crippen LogP contribution < -0.4 is 5.56 Å². The molecule has 4 aromatic rings. The molecule has 33 heavy (non-hydrogen) atoms. The van der Waals surface area contributed by atoms with Crippen LogP contribution in [-0.2, 0) is 21.8 Å². The van der Waals surface area contributed by atoms with Crippen LogP contribution in [0.1, 0.15) is 35.9 Å². The van der Waals surface area contributed by atoms with E-state index in [1.54, 1.807) is 17.6 Å². The summed E-state index contributed by atoms with van der Waals surface area (Å²) in [4.78, 5) is 30.7. The fraction of sp³-hybridized carbons (Fsp3) is 0.320. The minimum atomic E-state index is -0.493. The van der Waals surface area contributed by atoms with Gasteiger partial charge in [-0.1, -0.05) is 42.1 Å². The van der Waals surface area contributed by atoms with Crippen molar-refractivity contribution >= 4 is 39.6 Å². The van der Waals surface area contributed by atoms with E-state index in [9.17, 15) is 9.59 Å². The van der Waals surface area contributed by atoms with Gasteiger partial charge in [-0.25, -0.2) is 9.78 Å². The van der Waals surface area contributed by atoms with E-state index >= 15 is 0 Å². The van der Waals surface area contributed by atoms with Crippen LogP contribution >= 0.6 is 11.8 Å². The van der Waals surface area contributed by atoms with Crippen molar-refractivity contribution in [2.45, 2.75) is 43.3 Å². The molecule has 0 aliphatic carbocycles. The molecule has 2 aromatic heterocycles. The Morgan fingerprint density at radius 2 is 1.97 bits per heavy atom. The van der Waals surface area contributed by atoms with Crippen LogP contribution in [-0.4, -0.2) is 34.8 Å². The van der Waals surface area contributed by atoms with E-state index in [2.05, 4.69) is 0 Å². The molecule has 0 spiro atoms. The molecule has 2 aromatic carbocycles. The highest BCUT2D eigenvalue weighted by atomic mass is 32.2. The number of hydrogen-bond acceptors (Lipinski definition) is 7. The summed E-state index contributed by atoms with van der Waals surface area (Å²) in [6.07, 6.45) is 1.91. The molecule has 0 N–H and O–H groups in total. The molecule has 1 aliphatic heterocycles. The fourth-order valence-corrected chi connectivity index (χ4v) is 5.19. The summed E-state index contributed by atoms with van der Waals surface area (Å²) < 4.78 is 18.5. The second-order valence-electron chi connectivity index (χ2n) is 7.88. The monoisotopic (exact) mass is 464 g/mol. The first kappa shape index (κ1) is 21.7. The highest BCUT2D eigenvalue weighted by Gasteiger charge is 2.24. The van der Waals surface area contributed by atoms with Crippen LogP contribution in [0, 0.1) is 0 Å². The van der Waals surface area contributed by atoms with Crippen LogP contribution in [0.4, 0.5) is 0 Å². The van der Waals surface area contributed by atoms with Crippen molar-refractivity contribution in [3.63, 3.8) is 0 Å². The van der Waals surface area contributed by atoms with Crippen LogP contribution in [0.2, 0.25) is 0 Å². The maximum absolute atomic E-state index is 13.3. The maximum Gasteiger partial charge on any atom is 0.374 e. The van der Waals surface area contributed by atoms with E-state index in [0.29, 0.717) is 40.5 Å². The van der Waals surface area contributed by atoms with Crippen LogP contribution in [0.3, 0.4) is 0 Å². The number of aromatic nitrogens is 2. The Bertz CT molecular complexity index is 1370. The zero-order valence-electron chi connectivity index (χ0n) is 18.3. The Labute approximate surface area is 194 Å². The number of furan rings is 1. The molecular weight excluding hydrogens is 440 g/mol. The minimum Gasteiger partial charge on any atom is -0.460 e. The SMILES string of the molecule is CCOC(=O)c1oc2ccccc2c1CSc1nc2ccccc2c(=O)n1C[C@@H]1CCCO1. The molecule has 8 heteroatoms. The van der Waals surface area contributed by atoms with Gasteiger partial charge in [0.1, 0.15) is 5.58 Å². The zero-order valence-corrected chi connectivity index (χ0v) is 19.1. The summed E-state index contributed by atoms with van der Waals surface area (Å²) in [5.74, 6) is 0.105. The molecule has 7 nitrogen and oxygen atoms in total. The van der Waals surface area contributed by atoms with Gasteiger partial charge in [0.2, 0.25) is 5.76 Å². The quantitative estimate of drug-likeness (QED) is 0.221. The van der Waals surface area contributed by atoms with Crippen molar-refractivity contribution in [3.8, 4) is 0 Å². The van der Waals surface area contributed by atoms with Gasteiger partial charge in [0, 0.05) is 23.3 Å². The van der Waals surface area contributed by atoms with Gasteiger partial charge in [0.15, 0.2) is 5.16 Å². The molecule has 170 valence electrons.